The summed E-state index contributed by atoms with van der Waals surface area (Å²) in [5.74, 6) is 0.0674. The molecule has 1 heterocycles. The Labute approximate surface area is 191 Å². The van der Waals surface area contributed by atoms with Gasteiger partial charge >= 0.3 is 0 Å². The highest BCUT2D eigenvalue weighted by Crippen LogP contribution is 2.20. The quantitative estimate of drug-likeness (QED) is 0.451. The van der Waals surface area contributed by atoms with Gasteiger partial charge in [0.2, 0.25) is 0 Å². The van der Waals surface area contributed by atoms with Gasteiger partial charge < -0.3 is 15.4 Å². The minimum Gasteiger partial charge on any atom is -0.497 e. The molecule has 1 unspecified atom stereocenters. The lowest BCUT2D eigenvalue weighted by Crippen LogP contribution is -2.28. The van der Waals surface area contributed by atoms with Crippen LogP contribution >= 0.6 is 0 Å². The topological polar surface area (TPSA) is 98.1 Å². The van der Waals surface area contributed by atoms with Crippen LogP contribution in [0.2, 0.25) is 0 Å². The lowest BCUT2D eigenvalue weighted by atomic mass is 10.1. The number of methoxy groups -OCH3 is 1. The largest absolute Gasteiger partial charge is 0.497 e. The van der Waals surface area contributed by atoms with Gasteiger partial charge in [-0.1, -0.05) is 24.3 Å². The summed E-state index contributed by atoms with van der Waals surface area (Å²) in [5, 5.41) is 9.93. The number of carbonyl (C=O) groups excluding carboxylic acids is 2. The van der Waals surface area contributed by atoms with Crippen LogP contribution in [-0.2, 0) is 0 Å². The summed E-state index contributed by atoms with van der Waals surface area (Å²) in [6, 6.07) is 21.1. The van der Waals surface area contributed by atoms with Crippen LogP contribution < -0.4 is 15.4 Å². The Bertz CT molecular complexity index is 1240. The second-order valence-corrected chi connectivity index (χ2v) is 7.35. The molecule has 0 aliphatic carbocycles. The molecule has 0 saturated carbocycles. The molecule has 8 nitrogen and oxygen atoms in total. The van der Waals surface area contributed by atoms with E-state index >= 15 is 0 Å². The monoisotopic (exact) mass is 441 g/mol. The standard InChI is InChI=1S/C25H23N5O3/c1-17(18-7-11-20(12-8-18)30-16-26-15-27-30)28-25(32)22-5-3-4-6-23(22)29-24(31)19-9-13-21(33-2)14-10-19/h3-17H,1-2H3,(H,28,32)(H,29,31). The number of benzene rings is 3. The van der Waals surface area contributed by atoms with E-state index in [4.69, 9.17) is 4.74 Å². The lowest BCUT2D eigenvalue weighted by molar-refractivity contribution is 0.0941. The van der Waals surface area contributed by atoms with Crippen molar-refractivity contribution in [3.8, 4) is 11.4 Å². The van der Waals surface area contributed by atoms with E-state index in [9.17, 15) is 9.59 Å². The molecule has 0 aliphatic rings. The number of para-hydroxylation sites is 1. The molecule has 1 atom stereocenters. The molecule has 4 aromatic rings. The smallest absolute Gasteiger partial charge is 0.255 e. The molecular formula is C25H23N5O3. The Hall–Kier alpha value is -4.46. The van der Waals surface area contributed by atoms with Crippen LogP contribution in [0.4, 0.5) is 5.69 Å². The Kier molecular flexibility index (Phi) is 6.45. The third kappa shape index (κ3) is 5.07. The highest BCUT2D eigenvalue weighted by molar-refractivity contribution is 6.09. The van der Waals surface area contributed by atoms with Crippen LogP contribution in [0, 0.1) is 0 Å². The minimum absolute atomic E-state index is 0.243. The minimum atomic E-state index is -0.311. The molecule has 4 rings (SSSR count). The van der Waals surface area contributed by atoms with E-state index in [0.29, 0.717) is 22.6 Å². The number of ether oxygens (including phenoxy) is 1. The zero-order chi connectivity index (χ0) is 23.2. The van der Waals surface area contributed by atoms with E-state index in [0.717, 1.165) is 11.3 Å². The molecule has 0 aliphatic heterocycles. The average Bonchev–Trinajstić information content (AvgIpc) is 3.39. The highest BCUT2D eigenvalue weighted by atomic mass is 16.5. The van der Waals surface area contributed by atoms with Crippen molar-refractivity contribution in [2.75, 3.05) is 12.4 Å². The Balaban J connectivity index is 1.45. The van der Waals surface area contributed by atoms with Crippen LogP contribution in [-0.4, -0.2) is 33.7 Å². The molecule has 166 valence electrons. The highest BCUT2D eigenvalue weighted by Gasteiger charge is 2.17. The zero-order valence-corrected chi connectivity index (χ0v) is 18.2. The van der Waals surface area contributed by atoms with Crippen molar-refractivity contribution in [1.82, 2.24) is 20.1 Å². The number of carbonyl (C=O) groups is 2. The Morgan fingerprint density at radius 2 is 1.67 bits per heavy atom. The van der Waals surface area contributed by atoms with E-state index < -0.39 is 0 Å². The van der Waals surface area contributed by atoms with Crippen molar-refractivity contribution < 1.29 is 14.3 Å². The van der Waals surface area contributed by atoms with Gasteiger partial charge in [0, 0.05) is 5.56 Å². The van der Waals surface area contributed by atoms with Crippen LogP contribution in [0.3, 0.4) is 0 Å². The number of aromatic nitrogens is 3. The molecule has 2 amide bonds. The van der Waals surface area contributed by atoms with Crippen molar-refractivity contribution in [1.29, 1.82) is 0 Å². The molecule has 2 N–H and O–H groups in total. The number of nitrogens with zero attached hydrogens (tertiary/aromatic N) is 3. The van der Waals surface area contributed by atoms with E-state index in [1.807, 2.05) is 31.2 Å². The predicted octanol–water partition coefficient (Wildman–Crippen LogP) is 4.02. The summed E-state index contributed by atoms with van der Waals surface area (Å²) < 4.78 is 6.79. The van der Waals surface area contributed by atoms with Crippen LogP contribution in [0.5, 0.6) is 5.75 Å². The molecule has 33 heavy (non-hydrogen) atoms. The van der Waals surface area contributed by atoms with Gasteiger partial charge in [0.15, 0.2) is 0 Å². The zero-order valence-electron chi connectivity index (χ0n) is 18.2. The number of hydrogen-bond donors (Lipinski definition) is 2. The van der Waals surface area contributed by atoms with Gasteiger partial charge in [0.05, 0.1) is 30.1 Å². The Morgan fingerprint density at radius 3 is 2.33 bits per heavy atom. The molecule has 0 spiro atoms. The summed E-state index contributed by atoms with van der Waals surface area (Å²) in [7, 11) is 1.57. The van der Waals surface area contributed by atoms with Crippen molar-refractivity contribution >= 4 is 17.5 Å². The molecule has 8 heteroatoms. The number of rotatable bonds is 7. The van der Waals surface area contributed by atoms with Gasteiger partial charge in [-0.3, -0.25) is 9.59 Å². The molecule has 0 fully saturated rings. The molecule has 0 bridgehead atoms. The van der Waals surface area contributed by atoms with Gasteiger partial charge in [0.25, 0.3) is 11.8 Å². The number of hydrogen-bond acceptors (Lipinski definition) is 5. The summed E-state index contributed by atoms with van der Waals surface area (Å²) in [6.07, 6.45) is 3.10. The summed E-state index contributed by atoms with van der Waals surface area (Å²) in [4.78, 5) is 29.6. The van der Waals surface area contributed by atoms with E-state index in [1.165, 1.54) is 6.33 Å². The van der Waals surface area contributed by atoms with Crippen molar-refractivity contribution in [2.45, 2.75) is 13.0 Å². The van der Waals surface area contributed by atoms with E-state index in [1.54, 1.807) is 66.6 Å². The van der Waals surface area contributed by atoms with Gasteiger partial charge in [-0.15, -0.1) is 0 Å². The third-order valence-electron chi connectivity index (χ3n) is 5.20. The van der Waals surface area contributed by atoms with Gasteiger partial charge in [-0.05, 0) is 61.0 Å². The van der Waals surface area contributed by atoms with Crippen LogP contribution in [0.15, 0.2) is 85.5 Å². The molecular weight excluding hydrogens is 418 g/mol. The SMILES string of the molecule is COc1ccc(C(=O)Nc2ccccc2C(=O)NC(C)c2ccc(-n3cncn3)cc2)cc1. The number of amides is 2. The first-order valence-electron chi connectivity index (χ1n) is 10.4. The normalized spacial score (nSPS) is 11.5. The first-order valence-corrected chi connectivity index (χ1v) is 10.4. The second-order valence-electron chi connectivity index (χ2n) is 7.35. The number of nitrogens with one attached hydrogen (secondary N) is 2. The van der Waals surface area contributed by atoms with Crippen LogP contribution in [0.25, 0.3) is 5.69 Å². The maximum Gasteiger partial charge on any atom is 0.255 e. The molecule has 1 aromatic heterocycles. The fraction of sp³-hybridized carbons (Fsp3) is 0.120. The lowest BCUT2D eigenvalue weighted by Gasteiger charge is -2.17. The number of anilines is 1. The predicted molar refractivity (Wildman–Crippen MR) is 125 cm³/mol. The van der Waals surface area contributed by atoms with Crippen molar-refractivity contribution in [2.24, 2.45) is 0 Å². The fourth-order valence-corrected chi connectivity index (χ4v) is 3.34. The summed E-state index contributed by atoms with van der Waals surface area (Å²) >= 11 is 0. The Morgan fingerprint density at radius 1 is 0.939 bits per heavy atom. The van der Waals surface area contributed by atoms with Gasteiger partial charge in [-0.25, -0.2) is 9.67 Å². The summed E-state index contributed by atoms with van der Waals surface area (Å²) in [6.45, 7) is 1.90. The van der Waals surface area contributed by atoms with Gasteiger partial charge in [-0.2, -0.15) is 5.10 Å². The first-order chi connectivity index (χ1) is 16.0. The van der Waals surface area contributed by atoms with E-state index in [-0.39, 0.29) is 17.9 Å². The molecule has 0 radical (unpaired) electrons. The third-order valence-corrected chi connectivity index (χ3v) is 5.20. The fourth-order valence-electron chi connectivity index (χ4n) is 3.34. The first kappa shape index (κ1) is 21.8. The maximum atomic E-state index is 13.0. The van der Waals surface area contributed by atoms with Crippen LogP contribution in [0.1, 0.15) is 39.2 Å². The van der Waals surface area contributed by atoms with Gasteiger partial charge in [0.1, 0.15) is 18.4 Å². The molecule has 3 aromatic carbocycles. The van der Waals surface area contributed by atoms with Crippen molar-refractivity contribution in [3.63, 3.8) is 0 Å². The second kappa shape index (κ2) is 9.78. The molecule has 0 saturated heterocycles. The average molecular weight is 441 g/mol. The summed E-state index contributed by atoms with van der Waals surface area (Å²) in [5.41, 5.74) is 3.09. The maximum absolute atomic E-state index is 13.0. The van der Waals surface area contributed by atoms with E-state index in [2.05, 4.69) is 20.7 Å². The van der Waals surface area contributed by atoms with Crippen molar-refractivity contribution in [3.05, 3.63) is 102 Å².